The maximum atomic E-state index is 12.3. The van der Waals surface area contributed by atoms with E-state index in [1.807, 2.05) is 6.92 Å². The lowest BCUT2D eigenvalue weighted by molar-refractivity contribution is 0.0514. The first-order valence-electron chi connectivity index (χ1n) is 7.92. The molecule has 25 heavy (non-hydrogen) atoms. The molecule has 7 nitrogen and oxygen atoms in total. The number of nitrogens with one attached hydrogen (secondary N) is 1. The zero-order chi connectivity index (χ0) is 18.0. The Hall–Kier alpha value is -2.93. The van der Waals surface area contributed by atoms with Crippen molar-refractivity contribution >= 4 is 5.91 Å². The Balaban J connectivity index is 1.67. The average Bonchev–Trinajstić information content (AvgIpc) is 3.23. The van der Waals surface area contributed by atoms with Gasteiger partial charge in [-0.25, -0.2) is 4.68 Å². The van der Waals surface area contributed by atoms with Crippen LogP contribution in [0, 0.1) is 13.8 Å². The number of hydrogen-bond donors (Lipinski definition) is 2. The summed E-state index contributed by atoms with van der Waals surface area (Å²) in [4.78, 5) is 12.3. The second kappa shape index (κ2) is 6.52. The van der Waals surface area contributed by atoms with Gasteiger partial charge in [0.1, 0.15) is 17.1 Å². The van der Waals surface area contributed by atoms with Gasteiger partial charge in [-0.2, -0.15) is 0 Å². The molecular formula is C18H20N4O3. The van der Waals surface area contributed by atoms with Crippen molar-refractivity contribution in [1.29, 1.82) is 0 Å². The number of aryl methyl sites for hydroxylation is 2. The molecule has 130 valence electrons. The third-order valence-corrected chi connectivity index (χ3v) is 4.03. The van der Waals surface area contributed by atoms with E-state index in [2.05, 4.69) is 15.6 Å². The van der Waals surface area contributed by atoms with Gasteiger partial charge in [0, 0.05) is 11.1 Å². The van der Waals surface area contributed by atoms with Crippen LogP contribution in [0.15, 0.2) is 47.1 Å². The third kappa shape index (κ3) is 3.61. The minimum Gasteiger partial charge on any atom is -0.466 e. The van der Waals surface area contributed by atoms with Crippen LogP contribution >= 0.6 is 0 Å². The Morgan fingerprint density at radius 2 is 2.04 bits per heavy atom. The summed E-state index contributed by atoms with van der Waals surface area (Å²) in [6.45, 7) is 5.35. The Morgan fingerprint density at radius 3 is 2.60 bits per heavy atom. The van der Waals surface area contributed by atoms with E-state index in [9.17, 15) is 9.90 Å². The topological polar surface area (TPSA) is 93.2 Å². The van der Waals surface area contributed by atoms with E-state index >= 15 is 0 Å². The van der Waals surface area contributed by atoms with Crippen molar-refractivity contribution in [2.24, 2.45) is 0 Å². The molecule has 2 aromatic heterocycles. The smallest absolute Gasteiger partial charge is 0.251 e. The van der Waals surface area contributed by atoms with Crippen LogP contribution in [0.1, 0.15) is 34.4 Å². The van der Waals surface area contributed by atoms with E-state index in [0.29, 0.717) is 16.9 Å². The molecule has 3 aromatic rings. The molecule has 0 spiro atoms. The predicted octanol–water partition coefficient (Wildman–Crippen LogP) is 2.11. The molecule has 1 amide bonds. The summed E-state index contributed by atoms with van der Waals surface area (Å²) in [6.07, 6.45) is 3.31. The van der Waals surface area contributed by atoms with Crippen LogP contribution in [0.25, 0.3) is 5.69 Å². The van der Waals surface area contributed by atoms with Crippen LogP contribution in [-0.4, -0.2) is 32.6 Å². The largest absolute Gasteiger partial charge is 0.466 e. The van der Waals surface area contributed by atoms with Crippen LogP contribution in [0.4, 0.5) is 0 Å². The minimum absolute atomic E-state index is 0.0798. The van der Waals surface area contributed by atoms with Crippen molar-refractivity contribution in [2.75, 3.05) is 6.54 Å². The monoisotopic (exact) mass is 340 g/mol. The van der Waals surface area contributed by atoms with E-state index in [-0.39, 0.29) is 12.5 Å². The molecule has 0 fully saturated rings. The first kappa shape index (κ1) is 16.9. The highest BCUT2D eigenvalue weighted by Gasteiger charge is 2.28. The third-order valence-electron chi connectivity index (χ3n) is 4.03. The van der Waals surface area contributed by atoms with Gasteiger partial charge in [-0.1, -0.05) is 5.21 Å². The van der Waals surface area contributed by atoms with Gasteiger partial charge in [-0.05, 0) is 51.1 Å². The summed E-state index contributed by atoms with van der Waals surface area (Å²) in [5.74, 6) is 1.11. The second-order valence-corrected chi connectivity index (χ2v) is 6.18. The zero-order valence-corrected chi connectivity index (χ0v) is 14.4. The first-order chi connectivity index (χ1) is 11.9. The molecule has 2 heterocycles. The molecule has 0 bridgehead atoms. The van der Waals surface area contributed by atoms with Crippen LogP contribution < -0.4 is 5.32 Å². The highest BCUT2D eigenvalue weighted by atomic mass is 16.3. The average molecular weight is 340 g/mol. The summed E-state index contributed by atoms with van der Waals surface area (Å²) >= 11 is 0. The van der Waals surface area contributed by atoms with Crippen LogP contribution in [-0.2, 0) is 5.60 Å². The van der Waals surface area contributed by atoms with Gasteiger partial charge >= 0.3 is 0 Å². The van der Waals surface area contributed by atoms with Gasteiger partial charge in [0.15, 0.2) is 0 Å². The van der Waals surface area contributed by atoms with Gasteiger partial charge in [-0.3, -0.25) is 4.79 Å². The number of carbonyl (C=O) groups excluding carboxylic acids is 1. The molecule has 0 aliphatic rings. The fourth-order valence-corrected chi connectivity index (χ4v) is 2.73. The van der Waals surface area contributed by atoms with Crippen molar-refractivity contribution in [3.63, 3.8) is 0 Å². The highest BCUT2D eigenvalue weighted by molar-refractivity contribution is 5.94. The van der Waals surface area contributed by atoms with Crippen LogP contribution in [0.2, 0.25) is 0 Å². The standard InChI is InChI=1S/C18H20N4O3/c1-12-10-16(13(2)25-12)18(3,24)11-19-17(23)14-4-6-15(7-5-14)22-9-8-20-21-22/h4-10,24H,11H2,1-3H3,(H,19,23). The fourth-order valence-electron chi connectivity index (χ4n) is 2.73. The molecule has 2 N–H and O–H groups in total. The number of rotatable bonds is 5. The van der Waals surface area contributed by atoms with Crippen molar-refractivity contribution in [1.82, 2.24) is 20.3 Å². The summed E-state index contributed by atoms with van der Waals surface area (Å²) in [5.41, 5.74) is 0.773. The molecule has 1 aromatic carbocycles. The molecule has 0 aliphatic carbocycles. The molecule has 0 saturated carbocycles. The maximum absolute atomic E-state index is 12.3. The normalized spacial score (nSPS) is 13.4. The predicted molar refractivity (Wildman–Crippen MR) is 91.4 cm³/mol. The van der Waals surface area contributed by atoms with Crippen molar-refractivity contribution in [3.8, 4) is 5.69 Å². The molecule has 0 radical (unpaired) electrons. The molecule has 0 aliphatic heterocycles. The molecular weight excluding hydrogens is 320 g/mol. The number of benzene rings is 1. The zero-order valence-electron chi connectivity index (χ0n) is 14.4. The minimum atomic E-state index is -1.21. The van der Waals surface area contributed by atoms with Gasteiger partial charge in [0.05, 0.1) is 24.6 Å². The lowest BCUT2D eigenvalue weighted by atomic mass is 9.96. The molecule has 7 heteroatoms. The van der Waals surface area contributed by atoms with E-state index in [4.69, 9.17) is 4.42 Å². The van der Waals surface area contributed by atoms with E-state index in [1.54, 1.807) is 61.3 Å². The Kier molecular flexibility index (Phi) is 4.41. The van der Waals surface area contributed by atoms with Gasteiger partial charge < -0.3 is 14.8 Å². The summed E-state index contributed by atoms with van der Waals surface area (Å²) in [5, 5.41) is 21.1. The van der Waals surface area contributed by atoms with E-state index in [1.165, 1.54) is 0 Å². The summed E-state index contributed by atoms with van der Waals surface area (Å²) in [7, 11) is 0. The van der Waals surface area contributed by atoms with Gasteiger partial charge in [0.2, 0.25) is 0 Å². The van der Waals surface area contributed by atoms with E-state index in [0.717, 1.165) is 11.4 Å². The van der Waals surface area contributed by atoms with Crippen LogP contribution in [0.3, 0.4) is 0 Å². The number of nitrogens with zero attached hydrogens (tertiary/aromatic N) is 3. The number of amides is 1. The molecule has 0 saturated heterocycles. The molecule has 3 rings (SSSR count). The fraction of sp³-hybridized carbons (Fsp3) is 0.278. The Labute approximate surface area is 145 Å². The highest BCUT2D eigenvalue weighted by Crippen LogP contribution is 2.26. The maximum Gasteiger partial charge on any atom is 0.251 e. The van der Waals surface area contributed by atoms with Gasteiger partial charge in [-0.15, -0.1) is 5.10 Å². The van der Waals surface area contributed by atoms with E-state index < -0.39 is 5.60 Å². The first-order valence-corrected chi connectivity index (χ1v) is 7.92. The number of aromatic nitrogens is 3. The summed E-state index contributed by atoms with van der Waals surface area (Å²) in [6, 6.07) is 8.76. The molecule has 1 unspecified atom stereocenters. The second-order valence-electron chi connectivity index (χ2n) is 6.18. The van der Waals surface area contributed by atoms with Crippen molar-refractivity contribution < 1.29 is 14.3 Å². The quantitative estimate of drug-likeness (QED) is 0.742. The number of carbonyl (C=O) groups is 1. The number of aliphatic hydroxyl groups is 1. The Morgan fingerprint density at radius 1 is 1.32 bits per heavy atom. The molecule has 1 atom stereocenters. The van der Waals surface area contributed by atoms with Crippen LogP contribution in [0.5, 0.6) is 0 Å². The van der Waals surface area contributed by atoms with Gasteiger partial charge in [0.25, 0.3) is 5.91 Å². The lowest BCUT2D eigenvalue weighted by Gasteiger charge is -2.23. The van der Waals surface area contributed by atoms with Crippen molar-refractivity contribution in [2.45, 2.75) is 26.4 Å². The number of hydrogen-bond acceptors (Lipinski definition) is 5. The van der Waals surface area contributed by atoms with Crippen molar-refractivity contribution in [3.05, 3.63) is 65.4 Å². The SMILES string of the molecule is Cc1cc(C(C)(O)CNC(=O)c2ccc(-n3ccnn3)cc2)c(C)o1. The number of furan rings is 1. The summed E-state index contributed by atoms with van der Waals surface area (Å²) < 4.78 is 7.06. The lowest BCUT2D eigenvalue weighted by Crippen LogP contribution is -2.38. The Bertz CT molecular complexity index is 864.